The van der Waals surface area contributed by atoms with E-state index in [9.17, 15) is 19.2 Å². The zero-order valence-corrected chi connectivity index (χ0v) is 15.4. The monoisotopic (exact) mass is 397 g/mol. The van der Waals surface area contributed by atoms with Gasteiger partial charge >= 0.3 is 5.97 Å². The summed E-state index contributed by atoms with van der Waals surface area (Å²) in [4.78, 5) is 50.1. The Morgan fingerprint density at radius 2 is 2.07 bits per heavy atom. The average Bonchev–Trinajstić information content (AvgIpc) is 3.34. The van der Waals surface area contributed by atoms with E-state index in [1.54, 1.807) is 36.6 Å². The minimum Gasteiger partial charge on any atom is -0.481 e. The number of furan rings is 1. The molecule has 3 amide bonds. The Morgan fingerprint density at radius 3 is 2.79 bits per heavy atom. The van der Waals surface area contributed by atoms with Crippen molar-refractivity contribution in [2.75, 3.05) is 11.9 Å². The van der Waals surface area contributed by atoms with Crippen molar-refractivity contribution in [3.63, 3.8) is 0 Å². The molecule has 3 N–H and O–H groups in total. The van der Waals surface area contributed by atoms with E-state index < -0.39 is 24.0 Å². The van der Waals surface area contributed by atoms with E-state index in [1.165, 1.54) is 4.90 Å². The summed E-state index contributed by atoms with van der Waals surface area (Å²) in [7, 11) is 0. The van der Waals surface area contributed by atoms with Crippen LogP contribution in [0.25, 0.3) is 11.3 Å². The van der Waals surface area contributed by atoms with Gasteiger partial charge in [0.25, 0.3) is 5.91 Å². The number of anilines is 1. The van der Waals surface area contributed by atoms with E-state index in [-0.39, 0.29) is 24.7 Å². The van der Waals surface area contributed by atoms with Gasteiger partial charge in [-0.1, -0.05) is 0 Å². The lowest BCUT2D eigenvalue weighted by Crippen LogP contribution is -2.51. The molecule has 1 aromatic heterocycles. The molecule has 2 aliphatic rings. The molecule has 1 saturated heterocycles. The van der Waals surface area contributed by atoms with E-state index in [0.29, 0.717) is 35.5 Å². The van der Waals surface area contributed by atoms with Crippen molar-refractivity contribution in [1.82, 2.24) is 10.2 Å². The molecule has 9 heteroatoms. The fraction of sp³-hybridized carbons (Fsp3) is 0.300. The van der Waals surface area contributed by atoms with Crippen LogP contribution in [0.1, 0.15) is 29.6 Å². The number of aliphatic carboxylic acids is 1. The maximum Gasteiger partial charge on any atom is 0.303 e. The fourth-order valence-corrected chi connectivity index (χ4v) is 3.78. The highest BCUT2D eigenvalue weighted by Gasteiger charge is 2.45. The molecule has 9 nitrogen and oxygen atoms in total. The van der Waals surface area contributed by atoms with Crippen LogP contribution in [-0.2, 0) is 14.4 Å². The molecule has 1 fully saturated rings. The Hall–Kier alpha value is -3.62. The number of nitrogens with zero attached hydrogens (tertiary/aromatic N) is 1. The third-order valence-corrected chi connectivity index (χ3v) is 5.15. The van der Waals surface area contributed by atoms with E-state index in [1.807, 2.05) is 0 Å². The van der Waals surface area contributed by atoms with Crippen LogP contribution in [0.5, 0.6) is 0 Å². The third kappa shape index (κ3) is 3.58. The van der Waals surface area contributed by atoms with Gasteiger partial charge in [-0.15, -0.1) is 0 Å². The summed E-state index contributed by atoms with van der Waals surface area (Å²) in [6.07, 6.45) is 1.48. The van der Waals surface area contributed by atoms with Crippen LogP contribution in [0.3, 0.4) is 0 Å². The van der Waals surface area contributed by atoms with Gasteiger partial charge in [0.2, 0.25) is 11.8 Å². The molecule has 2 aromatic rings. The smallest absolute Gasteiger partial charge is 0.303 e. The Bertz CT molecular complexity index is 984. The maximum absolute atomic E-state index is 13.1. The number of hydrogen-bond acceptors (Lipinski definition) is 5. The Kier molecular flexibility index (Phi) is 4.79. The molecule has 3 heterocycles. The van der Waals surface area contributed by atoms with Crippen LogP contribution in [0.15, 0.2) is 41.0 Å². The lowest BCUT2D eigenvalue weighted by atomic mass is 10.1. The highest BCUT2D eigenvalue weighted by molar-refractivity contribution is 6.11. The molecule has 29 heavy (non-hydrogen) atoms. The van der Waals surface area contributed by atoms with Crippen molar-refractivity contribution in [2.24, 2.45) is 0 Å². The number of hydrogen-bond donors (Lipinski definition) is 3. The summed E-state index contributed by atoms with van der Waals surface area (Å²) >= 11 is 0. The van der Waals surface area contributed by atoms with Crippen LogP contribution < -0.4 is 10.6 Å². The summed E-state index contributed by atoms with van der Waals surface area (Å²) in [6, 6.07) is 7.20. The normalized spacial score (nSPS) is 20.5. The Morgan fingerprint density at radius 1 is 1.24 bits per heavy atom. The molecular weight excluding hydrogens is 378 g/mol. The van der Waals surface area contributed by atoms with Crippen molar-refractivity contribution in [2.45, 2.75) is 31.3 Å². The SMILES string of the molecule is O=C(O)CCC(=O)N[C@H]1CCN2C(=O)c3cc(-c4ccco4)ccc3NC(=O)[C@H]12. The number of carboxylic acids is 1. The molecule has 2 atom stereocenters. The third-order valence-electron chi connectivity index (χ3n) is 5.15. The van der Waals surface area contributed by atoms with E-state index in [2.05, 4.69) is 10.6 Å². The molecule has 0 bridgehead atoms. The standard InChI is InChI=1S/C20H19N3O6/c24-16(5-6-17(25)26)21-14-7-8-23-18(14)19(27)22-13-4-3-11(10-12(13)20(23)28)15-2-1-9-29-15/h1-4,9-10,14,18H,5-8H2,(H,21,24)(H,22,27)(H,25,26)/t14-,18-/m0/s1. The van der Waals surface area contributed by atoms with Crippen molar-refractivity contribution in [3.05, 3.63) is 42.2 Å². The topological polar surface area (TPSA) is 129 Å². The van der Waals surface area contributed by atoms with Gasteiger partial charge in [0, 0.05) is 18.5 Å². The van der Waals surface area contributed by atoms with E-state index in [0.717, 1.165) is 0 Å². The van der Waals surface area contributed by atoms with Gasteiger partial charge < -0.3 is 25.1 Å². The van der Waals surface area contributed by atoms with Gasteiger partial charge in [-0.25, -0.2) is 0 Å². The first-order valence-corrected chi connectivity index (χ1v) is 9.25. The van der Waals surface area contributed by atoms with Gasteiger partial charge in [0.1, 0.15) is 11.8 Å². The average molecular weight is 397 g/mol. The highest BCUT2D eigenvalue weighted by atomic mass is 16.4. The molecule has 150 valence electrons. The number of rotatable bonds is 5. The Labute approximate surface area is 165 Å². The second-order valence-corrected chi connectivity index (χ2v) is 7.03. The molecule has 0 radical (unpaired) electrons. The van der Waals surface area contributed by atoms with Crippen molar-refractivity contribution >= 4 is 29.4 Å². The van der Waals surface area contributed by atoms with Gasteiger partial charge in [-0.2, -0.15) is 0 Å². The number of carbonyl (C=O) groups excluding carboxylic acids is 3. The molecule has 0 aliphatic carbocycles. The van der Waals surface area contributed by atoms with Gasteiger partial charge in [0.15, 0.2) is 0 Å². The Balaban J connectivity index is 1.57. The van der Waals surface area contributed by atoms with E-state index in [4.69, 9.17) is 9.52 Å². The van der Waals surface area contributed by atoms with Crippen LogP contribution >= 0.6 is 0 Å². The van der Waals surface area contributed by atoms with Crippen LogP contribution in [-0.4, -0.2) is 52.3 Å². The lowest BCUT2D eigenvalue weighted by Gasteiger charge is -2.24. The van der Waals surface area contributed by atoms with E-state index >= 15 is 0 Å². The lowest BCUT2D eigenvalue weighted by molar-refractivity contribution is -0.139. The maximum atomic E-state index is 13.1. The number of carbonyl (C=O) groups is 4. The first-order chi connectivity index (χ1) is 13.9. The largest absolute Gasteiger partial charge is 0.481 e. The van der Waals surface area contributed by atoms with Gasteiger partial charge in [-0.05, 0) is 36.8 Å². The molecule has 0 saturated carbocycles. The zero-order chi connectivity index (χ0) is 20.5. The summed E-state index contributed by atoms with van der Waals surface area (Å²) < 4.78 is 5.38. The van der Waals surface area contributed by atoms with Crippen LogP contribution in [0, 0.1) is 0 Å². The summed E-state index contributed by atoms with van der Waals surface area (Å²) in [5.74, 6) is -1.61. The first-order valence-electron chi connectivity index (χ1n) is 9.25. The van der Waals surface area contributed by atoms with Crippen LogP contribution in [0.2, 0.25) is 0 Å². The number of amides is 3. The summed E-state index contributed by atoms with van der Waals surface area (Å²) in [5, 5.41) is 14.2. The quantitative estimate of drug-likeness (QED) is 0.701. The predicted molar refractivity (Wildman–Crippen MR) is 101 cm³/mol. The molecule has 4 rings (SSSR count). The molecule has 2 aliphatic heterocycles. The van der Waals surface area contributed by atoms with Gasteiger partial charge in [-0.3, -0.25) is 19.2 Å². The minimum atomic E-state index is -1.07. The molecular formula is C20H19N3O6. The second kappa shape index (κ2) is 7.42. The van der Waals surface area contributed by atoms with Crippen molar-refractivity contribution in [1.29, 1.82) is 0 Å². The number of carboxylic acid groups (broad SMARTS) is 1. The summed E-state index contributed by atoms with van der Waals surface area (Å²) in [5.41, 5.74) is 1.47. The van der Waals surface area contributed by atoms with Gasteiger partial charge in [0.05, 0.1) is 30.0 Å². The number of nitrogens with one attached hydrogen (secondary N) is 2. The number of fused-ring (bicyclic) bond motifs is 2. The summed E-state index contributed by atoms with van der Waals surface area (Å²) in [6.45, 7) is 0.311. The zero-order valence-electron chi connectivity index (χ0n) is 15.4. The van der Waals surface area contributed by atoms with Crippen LogP contribution in [0.4, 0.5) is 5.69 Å². The van der Waals surface area contributed by atoms with Crippen molar-refractivity contribution < 1.29 is 28.7 Å². The first kappa shape index (κ1) is 18.7. The molecule has 0 spiro atoms. The van der Waals surface area contributed by atoms with Crippen molar-refractivity contribution in [3.8, 4) is 11.3 Å². The molecule has 1 aromatic carbocycles. The number of benzene rings is 1. The fourth-order valence-electron chi connectivity index (χ4n) is 3.78. The highest BCUT2D eigenvalue weighted by Crippen LogP contribution is 2.32. The predicted octanol–water partition coefficient (Wildman–Crippen LogP) is 1.46. The molecule has 0 unspecified atom stereocenters. The second-order valence-electron chi connectivity index (χ2n) is 7.03. The minimum absolute atomic E-state index is 0.180.